The van der Waals surface area contributed by atoms with Crippen LogP contribution in [0.5, 0.6) is 0 Å². The molecule has 7 nitrogen and oxygen atoms in total. The number of rotatable bonds is 11. The van der Waals surface area contributed by atoms with Crippen LogP contribution in [-0.2, 0) is 32.6 Å². The van der Waals surface area contributed by atoms with Gasteiger partial charge in [-0.1, -0.05) is 83.9 Å². The molecule has 1 atom stereocenters. The van der Waals surface area contributed by atoms with Gasteiger partial charge in [0.15, 0.2) is 0 Å². The number of hydrogen-bond donors (Lipinski definition) is 1. The minimum atomic E-state index is -4.13. The number of benzene rings is 4. The number of nitrogens with one attached hydrogen (secondary N) is 1. The monoisotopic (exact) mass is 597 g/mol. The van der Waals surface area contributed by atoms with E-state index in [1.807, 2.05) is 88.4 Å². The van der Waals surface area contributed by atoms with Crippen molar-refractivity contribution in [3.8, 4) is 0 Å². The van der Waals surface area contributed by atoms with E-state index in [0.717, 1.165) is 37.7 Å². The molecule has 0 bridgehead atoms. The van der Waals surface area contributed by atoms with Gasteiger partial charge in [0.25, 0.3) is 10.0 Å². The van der Waals surface area contributed by atoms with Crippen LogP contribution in [0.25, 0.3) is 0 Å². The van der Waals surface area contributed by atoms with Crippen molar-refractivity contribution in [3.63, 3.8) is 0 Å². The molecule has 0 aromatic heterocycles. The van der Waals surface area contributed by atoms with Crippen molar-refractivity contribution in [2.45, 2.75) is 51.6 Å². The SMILES string of the molecule is CNC(=O)[C@H](Cc1ccccc1)N(Cc1cccc(C)c1)C(=O)CN(c1ccc(C)c(C)c1)S(=O)(=O)c1ccc(C)cc1. The van der Waals surface area contributed by atoms with Gasteiger partial charge < -0.3 is 10.2 Å². The topological polar surface area (TPSA) is 86.8 Å². The fraction of sp³-hybridized carbons (Fsp3) is 0.257. The average molecular weight is 598 g/mol. The van der Waals surface area contributed by atoms with Gasteiger partial charge in [-0.05, 0) is 74.2 Å². The Morgan fingerprint density at radius 1 is 0.744 bits per heavy atom. The molecule has 0 heterocycles. The second kappa shape index (κ2) is 13.7. The highest BCUT2D eigenvalue weighted by atomic mass is 32.2. The van der Waals surface area contributed by atoms with Gasteiger partial charge >= 0.3 is 0 Å². The van der Waals surface area contributed by atoms with Crippen molar-refractivity contribution in [1.82, 2.24) is 10.2 Å². The highest BCUT2D eigenvalue weighted by Gasteiger charge is 2.34. The number of sulfonamides is 1. The Morgan fingerprint density at radius 3 is 2.05 bits per heavy atom. The first-order valence-electron chi connectivity index (χ1n) is 14.3. The Kier molecular flexibility index (Phi) is 10.0. The second-order valence-corrected chi connectivity index (χ2v) is 12.8. The van der Waals surface area contributed by atoms with Crippen molar-refractivity contribution >= 4 is 27.5 Å². The van der Waals surface area contributed by atoms with E-state index in [-0.39, 0.29) is 23.8 Å². The van der Waals surface area contributed by atoms with Crippen LogP contribution in [0.2, 0.25) is 0 Å². The zero-order valence-corrected chi connectivity index (χ0v) is 26.2. The third kappa shape index (κ3) is 7.70. The summed E-state index contributed by atoms with van der Waals surface area (Å²) in [6, 6.07) is 28.3. The summed E-state index contributed by atoms with van der Waals surface area (Å²) in [6.45, 7) is 7.36. The van der Waals surface area contributed by atoms with Crippen molar-refractivity contribution in [1.29, 1.82) is 0 Å². The lowest BCUT2D eigenvalue weighted by molar-refractivity contribution is -0.139. The number of nitrogens with zero attached hydrogens (tertiary/aromatic N) is 2. The average Bonchev–Trinajstić information content (AvgIpc) is 2.99. The van der Waals surface area contributed by atoms with Gasteiger partial charge in [-0.25, -0.2) is 8.42 Å². The Labute approximate surface area is 255 Å². The Balaban J connectivity index is 1.80. The Bertz CT molecular complexity index is 1690. The lowest BCUT2D eigenvalue weighted by Gasteiger charge is -2.33. The standard InChI is InChI=1S/C35H39N3O4S/c1-25-14-18-32(19-15-25)43(41,42)38(31-17-16-27(3)28(4)21-31)24-34(39)37(23-30-13-9-10-26(2)20-30)33(35(40)36-5)22-29-11-7-6-8-12-29/h6-21,33H,22-24H2,1-5H3,(H,36,40)/t33-/m0/s1. The molecule has 4 aromatic rings. The van der Waals surface area contributed by atoms with Gasteiger partial charge in [-0.3, -0.25) is 13.9 Å². The number of amides is 2. The van der Waals surface area contributed by atoms with Crippen LogP contribution in [0.3, 0.4) is 0 Å². The largest absolute Gasteiger partial charge is 0.357 e. The van der Waals surface area contributed by atoms with E-state index in [0.29, 0.717) is 5.69 Å². The second-order valence-electron chi connectivity index (χ2n) is 10.9. The minimum absolute atomic E-state index is 0.0847. The van der Waals surface area contributed by atoms with Gasteiger partial charge in [-0.2, -0.15) is 0 Å². The van der Waals surface area contributed by atoms with E-state index in [2.05, 4.69) is 5.32 Å². The van der Waals surface area contributed by atoms with E-state index in [9.17, 15) is 18.0 Å². The number of hydrogen-bond acceptors (Lipinski definition) is 4. The van der Waals surface area contributed by atoms with Gasteiger partial charge in [0.1, 0.15) is 12.6 Å². The van der Waals surface area contributed by atoms with Crippen molar-refractivity contribution < 1.29 is 18.0 Å². The number of carbonyl (C=O) groups is 2. The molecule has 0 saturated heterocycles. The Hall–Kier alpha value is -4.43. The van der Waals surface area contributed by atoms with Gasteiger partial charge in [-0.15, -0.1) is 0 Å². The maximum Gasteiger partial charge on any atom is 0.264 e. The summed E-state index contributed by atoms with van der Waals surface area (Å²) < 4.78 is 29.4. The molecule has 4 rings (SSSR count). The minimum Gasteiger partial charge on any atom is -0.357 e. The first-order valence-corrected chi connectivity index (χ1v) is 15.7. The molecule has 0 aliphatic carbocycles. The normalized spacial score (nSPS) is 11.9. The first kappa shape index (κ1) is 31.5. The molecule has 224 valence electrons. The molecule has 4 aromatic carbocycles. The molecular weight excluding hydrogens is 558 g/mol. The van der Waals surface area contributed by atoms with Crippen LogP contribution >= 0.6 is 0 Å². The Morgan fingerprint density at radius 2 is 1.42 bits per heavy atom. The van der Waals surface area contributed by atoms with Crippen LogP contribution < -0.4 is 9.62 Å². The number of aryl methyl sites for hydroxylation is 4. The summed E-state index contributed by atoms with van der Waals surface area (Å²) in [4.78, 5) is 29.3. The van der Waals surface area contributed by atoms with Crippen LogP contribution in [0.1, 0.15) is 33.4 Å². The lowest BCUT2D eigenvalue weighted by Crippen LogP contribution is -2.53. The summed E-state index contributed by atoms with van der Waals surface area (Å²) in [5.41, 5.74) is 5.96. The molecule has 0 aliphatic heterocycles. The van der Waals surface area contributed by atoms with Crippen LogP contribution in [-0.4, -0.2) is 44.8 Å². The summed E-state index contributed by atoms with van der Waals surface area (Å²) in [5.74, 6) is -0.816. The highest BCUT2D eigenvalue weighted by Crippen LogP contribution is 2.27. The molecule has 0 aliphatic rings. The number of likely N-dealkylation sites (N-methyl/N-ethyl adjacent to an activating group) is 1. The van der Waals surface area contributed by atoms with Crippen LogP contribution in [0.15, 0.2) is 102 Å². The van der Waals surface area contributed by atoms with Crippen molar-refractivity contribution in [2.75, 3.05) is 17.9 Å². The van der Waals surface area contributed by atoms with Crippen LogP contribution in [0.4, 0.5) is 5.69 Å². The molecule has 0 saturated carbocycles. The summed E-state index contributed by atoms with van der Waals surface area (Å²) in [7, 11) is -2.59. The van der Waals surface area contributed by atoms with Gasteiger partial charge in [0.2, 0.25) is 11.8 Å². The summed E-state index contributed by atoms with van der Waals surface area (Å²) >= 11 is 0. The zero-order chi connectivity index (χ0) is 31.1. The van der Waals surface area contributed by atoms with E-state index < -0.39 is 28.5 Å². The molecule has 8 heteroatoms. The lowest BCUT2D eigenvalue weighted by atomic mass is 10.0. The first-order chi connectivity index (χ1) is 20.5. The smallest absolute Gasteiger partial charge is 0.264 e. The highest BCUT2D eigenvalue weighted by molar-refractivity contribution is 7.92. The predicted molar refractivity (Wildman–Crippen MR) is 171 cm³/mol. The molecule has 0 unspecified atom stereocenters. The molecule has 1 N–H and O–H groups in total. The van der Waals surface area contributed by atoms with E-state index in [1.165, 1.54) is 4.90 Å². The van der Waals surface area contributed by atoms with Gasteiger partial charge in [0, 0.05) is 20.0 Å². The third-order valence-corrected chi connectivity index (χ3v) is 9.41. The molecule has 0 fully saturated rings. The molecular formula is C35H39N3O4S. The molecule has 2 amide bonds. The summed E-state index contributed by atoms with van der Waals surface area (Å²) in [6.07, 6.45) is 0.270. The van der Waals surface area contributed by atoms with E-state index >= 15 is 0 Å². The number of carbonyl (C=O) groups excluding carboxylic acids is 2. The maximum atomic E-state index is 14.4. The fourth-order valence-electron chi connectivity index (χ4n) is 4.97. The van der Waals surface area contributed by atoms with Crippen molar-refractivity contribution in [2.24, 2.45) is 0 Å². The van der Waals surface area contributed by atoms with Crippen LogP contribution in [0, 0.1) is 27.7 Å². The number of anilines is 1. The fourth-order valence-corrected chi connectivity index (χ4v) is 6.38. The van der Waals surface area contributed by atoms with E-state index in [4.69, 9.17) is 0 Å². The predicted octanol–water partition coefficient (Wildman–Crippen LogP) is 5.50. The van der Waals surface area contributed by atoms with E-state index in [1.54, 1.807) is 43.4 Å². The van der Waals surface area contributed by atoms with Gasteiger partial charge in [0.05, 0.1) is 10.6 Å². The third-order valence-electron chi connectivity index (χ3n) is 7.62. The molecule has 0 radical (unpaired) electrons. The summed E-state index contributed by atoms with van der Waals surface area (Å²) in [5, 5.41) is 2.71. The molecule has 43 heavy (non-hydrogen) atoms. The zero-order valence-electron chi connectivity index (χ0n) is 25.4. The molecule has 0 spiro atoms. The quantitative estimate of drug-likeness (QED) is 0.247. The maximum absolute atomic E-state index is 14.4. The van der Waals surface area contributed by atoms with Crippen molar-refractivity contribution in [3.05, 3.63) is 130 Å².